The van der Waals surface area contributed by atoms with Crippen molar-refractivity contribution in [3.63, 3.8) is 0 Å². The molecule has 3 aromatic rings. The van der Waals surface area contributed by atoms with E-state index in [4.69, 9.17) is 4.98 Å². The molecule has 1 aliphatic rings. The van der Waals surface area contributed by atoms with Crippen molar-refractivity contribution in [2.24, 2.45) is 7.05 Å². The van der Waals surface area contributed by atoms with E-state index in [0.29, 0.717) is 6.54 Å². The van der Waals surface area contributed by atoms with Crippen LogP contribution in [0, 0.1) is 0 Å². The fourth-order valence-electron chi connectivity index (χ4n) is 4.65. The van der Waals surface area contributed by atoms with Gasteiger partial charge in [0.1, 0.15) is 0 Å². The van der Waals surface area contributed by atoms with Crippen molar-refractivity contribution in [3.05, 3.63) is 53.7 Å². The fourth-order valence-corrected chi connectivity index (χ4v) is 4.65. The minimum atomic E-state index is -0.914. The largest absolute Gasteiger partial charge is 0.389 e. The number of carbonyl (C=O) groups is 1. The van der Waals surface area contributed by atoms with Crippen LogP contribution >= 0.6 is 0 Å². The lowest BCUT2D eigenvalue weighted by atomic mass is 9.98. The highest BCUT2D eigenvalue weighted by Crippen LogP contribution is 2.33. The number of amides is 1. The van der Waals surface area contributed by atoms with Gasteiger partial charge in [0.05, 0.1) is 28.9 Å². The molecule has 4 rings (SSSR count). The molecule has 1 aliphatic heterocycles. The fraction of sp³-hybridized carbons (Fsp3) is 0.385. The van der Waals surface area contributed by atoms with Crippen LogP contribution in [0.3, 0.4) is 0 Å². The maximum Gasteiger partial charge on any atom is 0.254 e. The molecule has 0 aliphatic carbocycles. The van der Waals surface area contributed by atoms with Gasteiger partial charge in [0.25, 0.3) is 5.91 Å². The molecule has 0 fully saturated rings. The van der Waals surface area contributed by atoms with Gasteiger partial charge in [-0.3, -0.25) is 4.79 Å². The van der Waals surface area contributed by atoms with Crippen molar-refractivity contribution >= 4 is 29.1 Å². The van der Waals surface area contributed by atoms with Gasteiger partial charge in [0.2, 0.25) is 0 Å². The van der Waals surface area contributed by atoms with Crippen molar-refractivity contribution in [1.82, 2.24) is 19.0 Å². The van der Waals surface area contributed by atoms with Crippen LogP contribution in [0.15, 0.2) is 31.4 Å². The first-order chi connectivity index (χ1) is 15.2. The Kier molecular flexibility index (Phi) is 5.59. The number of imidazole rings is 1. The van der Waals surface area contributed by atoms with E-state index in [1.165, 1.54) is 0 Å². The second-order valence-corrected chi connectivity index (χ2v) is 9.21. The van der Waals surface area contributed by atoms with Crippen molar-refractivity contribution in [2.75, 3.05) is 13.1 Å². The average molecular weight is 433 g/mol. The van der Waals surface area contributed by atoms with Crippen LogP contribution in [0.1, 0.15) is 54.4 Å². The van der Waals surface area contributed by atoms with E-state index in [1.54, 1.807) is 26.0 Å². The standard InChI is InChI=1S/C26H32N4O2/c1-7-11-29-12-10-18-14-22-20(15-19(18)25(29)31)27-24(28(22)6)23-13-17(8-2)21(9-3)30(23)16-26(4,5)32/h8-9,13-15,32H,2-3,7,10-12,16H2,1,4-6H3. The number of hydrogen-bond donors (Lipinski definition) is 1. The molecule has 168 valence electrons. The molecule has 32 heavy (non-hydrogen) atoms. The van der Waals surface area contributed by atoms with E-state index >= 15 is 0 Å². The lowest BCUT2D eigenvalue weighted by Gasteiger charge is -2.28. The highest BCUT2D eigenvalue weighted by molar-refractivity contribution is 6.00. The molecule has 1 amide bonds. The third kappa shape index (κ3) is 3.69. The molecule has 0 spiro atoms. The number of carbonyl (C=O) groups excluding carboxylic acids is 1. The summed E-state index contributed by atoms with van der Waals surface area (Å²) in [5, 5.41) is 10.5. The van der Waals surface area contributed by atoms with Crippen LogP contribution in [0.4, 0.5) is 0 Å². The highest BCUT2D eigenvalue weighted by atomic mass is 16.3. The van der Waals surface area contributed by atoms with E-state index in [0.717, 1.165) is 70.9 Å². The molecule has 1 aromatic carbocycles. The van der Waals surface area contributed by atoms with Crippen molar-refractivity contribution in [3.8, 4) is 11.5 Å². The molecule has 3 heterocycles. The topological polar surface area (TPSA) is 63.3 Å². The summed E-state index contributed by atoms with van der Waals surface area (Å²) in [6.45, 7) is 15.5. The van der Waals surface area contributed by atoms with Crippen molar-refractivity contribution in [1.29, 1.82) is 0 Å². The predicted octanol–water partition coefficient (Wildman–Crippen LogP) is 4.51. The molecular weight excluding hydrogens is 400 g/mol. The van der Waals surface area contributed by atoms with Gasteiger partial charge in [-0.1, -0.05) is 26.2 Å². The minimum absolute atomic E-state index is 0.0931. The van der Waals surface area contributed by atoms with Crippen LogP contribution in [0.25, 0.3) is 34.7 Å². The molecule has 0 radical (unpaired) electrons. The molecule has 0 bridgehead atoms. The maximum atomic E-state index is 13.0. The molecule has 1 N–H and O–H groups in total. The van der Waals surface area contributed by atoms with Gasteiger partial charge in [-0.25, -0.2) is 4.98 Å². The lowest BCUT2D eigenvalue weighted by Crippen LogP contribution is -2.38. The zero-order valence-corrected chi connectivity index (χ0v) is 19.5. The van der Waals surface area contributed by atoms with Crippen LogP contribution in [-0.4, -0.2) is 48.7 Å². The average Bonchev–Trinajstić information content (AvgIpc) is 3.24. The zero-order valence-electron chi connectivity index (χ0n) is 19.5. The lowest BCUT2D eigenvalue weighted by molar-refractivity contribution is 0.0618. The van der Waals surface area contributed by atoms with E-state index in [-0.39, 0.29) is 5.91 Å². The van der Waals surface area contributed by atoms with Crippen LogP contribution in [0.2, 0.25) is 0 Å². The number of hydrogen-bond acceptors (Lipinski definition) is 3. The summed E-state index contributed by atoms with van der Waals surface area (Å²) in [5.74, 6) is 0.871. The number of aliphatic hydroxyl groups is 1. The normalized spacial score (nSPS) is 14.2. The zero-order chi connectivity index (χ0) is 23.2. The van der Waals surface area contributed by atoms with E-state index < -0.39 is 5.60 Å². The van der Waals surface area contributed by atoms with Crippen LogP contribution < -0.4 is 0 Å². The van der Waals surface area contributed by atoms with Gasteiger partial charge in [0, 0.05) is 31.4 Å². The quantitative estimate of drug-likeness (QED) is 0.598. The first-order valence-corrected chi connectivity index (χ1v) is 11.2. The number of aryl methyl sites for hydroxylation is 1. The summed E-state index contributed by atoms with van der Waals surface area (Å²) in [5.41, 5.74) is 5.43. The summed E-state index contributed by atoms with van der Waals surface area (Å²) < 4.78 is 4.10. The minimum Gasteiger partial charge on any atom is -0.389 e. The van der Waals surface area contributed by atoms with Crippen molar-refractivity contribution in [2.45, 2.75) is 45.8 Å². The Morgan fingerprint density at radius 2 is 1.97 bits per heavy atom. The van der Waals surface area contributed by atoms with Crippen LogP contribution in [0.5, 0.6) is 0 Å². The molecule has 0 atom stereocenters. The summed E-state index contributed by atoms with van der Waals surface area (Å²) in [6.07, 6.45) is 5.39. The number of nitrogens with zero attached hydrogens (tertiary/aromatic N) is 4. The van der Waals surface area contributed by atoms with Gasteiger partial charge >= 0.3 is 0 Å². The summed E-state index contributed by atoms with van der Waals surface area (Å²) >= 11 is 0. The van der Waals surface area contributed by atoms with Gasteiger partial charge in [0.15, 0.2) is 5.82 Å². The molecule has 0 saturated carbocycles. The Balaban J connectivity index is 1.89. The summed E-state index contributed by atoms with van der Waals surface area (Å²) in [6, 6.07) is 6.07. The third-order valence-corrected chi connectivity index (χ3v) is 6.12. The second-order valence-electron chi connectivity index (χ2n) is 9.21. The Morgan fingerprint density at radius 3 is 2.59 bits per heavy atom. The van der Waals surface area contributed by atoms with Crippen molar-refractivity contribution < 1.29 is 9.90 Å². The SMILES string of the molecule is C=Cc1cc(-c2nc3cc4c(cc3n2C)CCN(CCC)C4=O)n(CC(C)(C)O)c1C=C. The first-order valence-electron chi connectivity index (χ1n) is 11.2. The Labute approximate surface area is 189 Å². The molecule has 2 aromatic heterocycles. The molecular formula is C26H32N4O2. The Bertz CT molecular complexity index is 1220. The van der Waals surface area contributed by atoms with Gasteiger partial charge < -0.3 is 19.1 Å². The Hall–Kier alpha value is -3.12. The molecule has 0 saturated heterocycles. The Morgan fingerprint density at radius 1 is 1.22 bits per heavy atom. The predicted molar refractivity (Wildman–Crippen MR) is 131 cm³/mol. The summed E-state index contributed by atoms with van der Waals surface area (Å²) in [4.78, 5) is 19.8. The number of rotatable bonds is 7. The number of fused-ring (bicyclic) bond motifs is 2. The van der Waals surface area contributed by atoms with E-state index in [9.17, 15) is 9.90 Å². The van der Waals surface area contributed by atoms with E-state index in [2.05, 4.69) is 30.7 Å². The smallest absolute Gasteiger partial charge is 0.254 e. The molecule has 6 nitrogen and oxygen atoms in total. The second kappa shape index (κ2) is 8.10. The number of benzene rings is 1. The first kappa shape index (κ1) is 22.1. The monoisotopic (exact) mass is 432 g/mol. The van der Waals surface area contributed by atoms with Crippen LogP contribution in [-0.2, 0) is 20.0 Å². The van der Waals surface area contributed by atoms with Gasteiger partial charge in [-0.15, -0.1) is 0 Å². The van der Waals surface area contributed by atoms with Gasteiger partial charge in [-0.2, -0.15) is 0 Å². The third-order valence-electron chi connectivity index (χ3n) is 6.12. The maximum absolute atomic E-state index is 13.0. The molecule has 0 unspecified atom stereocenters. The van der Waals surface area contributed by atoms with Gasteiger partial charge in [-0.05, 0) is 62.1 Å². The highest BCUT2D eigenvalue weighted by Gasteiger charge is 2.27. The molecule has 6 heteroatoms. The van der Waals surface area contributed by atoms with E-state index in [1.807, 2.05) is 28.6 Å². The number of aromatic nitrogens is 3. The summed E-state index contributed by atoms with van der Waals surface area (Å²) in [7, 11) is 1.99.